The van der Waals surface area contributed by atoms with Gasteiger partial charge in [-0.05, 0) is 36.3 Å². The summed E-state index contributed by atoms with van der Waals surface area (Å²) in [5.74, 6) is 1.28. The van der Waals surface area contributed by atoms with Gasteiger partial charge in [0.1, 0.15) is 0 Å². The predicted octanol–water partition coefficient (Wildman–Crippen LogP) is 3.49. The largest absolute Gasteiger partial charge is 0.126 e. The molecule has 0 amide bonds. The molecule has 0 aromatic heterocycles. The van der Waals surface area contributed by atoms with Crippen molar-refractivity contribution in [1.29, 1.82) is 0 Å². The second kappa shape index (κ2) is 3.20. The lowest BCUT2D eigenvalue weighted by Crippen LogP contribution is -1.97. The summed E-state index contributed by atoms with van der Waals surface area (Å²) in [6.07, 6.45) is 2.59. The number of hydrogen-bond donors (Lipinski definition) is 0. The minimum absolute atomic E-state index is 1.20. The van der Waals surface area contributed by atoms with Crippen molar-refractivity contribution in [2.24, 2.45) is 0 Å². The van der Waals surface area contributed by atoms with Crippen LogP contribution in [0.3, 0.4) is 0 Å². The first-order valence-electron chi connectivity index (χ1n) is 3.77. The number of benzene rings is 1. The predicted molar refractivity (Wildman–Crippen MR) is 53.2 cm³/mol. The van der Waals surface area contributed by atoms with E-state index in [0.29, 0.717) is 0 Å². The lowest BCUT2D eigenvalue weighted by Gasteiger charge is -2.14. The summed E-state index contributed by atoms with van der Waals surface area (Å²) < 4.78 is 1.20. The number of halogens is 1. The van der Waals surface area contributed by atoms with E-state index in [0.717, 1.165) is 0 Å². The van der Waals surface area contributed by atoms with Crippen LogP contribution in [0, 0.1) is 0 Å². The first-order valence-corrected chi connectivity index (χ1v) is 5.55. The number of hydrogen-bond acceptors (Lipinski definition) is 1. The third kappa shape index (κ3) is 1.62. The molecule has 0 radical (unpaired) electrons. The van der Waals surface area contributed by atoms with Crippen molar-refractivity contribution >= 4 is 27.7 Å². The maximum Gasteiger partial charge on any atom is 0.0186 e. The Morgan fingerprint density at radius 3 is 3.18 bits per heavy atom. The third-order valence-corrected chi connectivity index (χ3v) is 3.55. The smallest absolute Gasteiger partial charge is 0.0186 e. The molecule has 58 valence electrons. The monoisotopic (exact) mass is 228 g/mol. The standard InChI is InChI=1S/C9H9BrS/c10-8-4-3-7-2-1-5-11-9(7)6-8/h3-4,6H,1-2,5H2. The van der Waals surface area contributed by atoms with E-state index in [9.17, 15) is 0 Å². The number of aryl methyl sites for hydroxylation is 1. The maximum absolute atomic E-state index is 3.48. The maximum atomic E-state index is 3.48. The zero-order valence-electron chi connectivity index (χ0n) is 6.14. The summed E-state index contributed by atoms with van der Waals surface area (Å²) >= 11 is 5.45. The molecule has 2 heteroatoms. The van der Waals surface area contributed by atoms with Crippen LogP contribution in [0.25, 0.3) is 0 Å². The molecule has 0 spiro atoms. The van der Waals surface area contributed by atoms with Crippen LogP contribution < -0.4 is 0 Å². The fraction of sp³-hybridized carbons (Fsp3) is 0.333. The first kappa shape index (κ1) is 7.69. The Morgan fingerprint density at radius 2 is 2.27 bits per heavy atom. The Labute approximate surface area is 79.5 Å². The van der Waals surface area contributed by atoms with Gasteiger partial charge in [-0.1, -0.05) is 22.0 Å². The Morgan fingerprint density at radius 1 is 1.36 bits per heavy atom. The molecule has 11 heavy (non-hydrogen) atoms. The number of thioether (sulfide) groups is 1. The van der Waals surface area contributed by atoms with Gasteiger partial charge < -0.3 is 0 Å². The number of rotatable bonds is 0. The molecule has 0 fully saturated rings. The normalized spacial score (nSPS) is 16.1. The Hall–Kier alpha value is 0.0500. The molecular formula is C9H9BrS. The minimum Gasteiger partial charge on any atom is -0.126 e. The Bertz CT molecular complexity index is 270. The van der Waals surface area contributed by atoms with E-state index in [1.165, 1.54) is 33.5 Å². The molecule has 0 saturated carbocycles. The highest BCUT2D eigenvalue weighted by molar-refractivity contribution is 9.10. The van der Waals surface area contributed by atoms with Crippen LogP contribution in [0.5, 0.6) is 0 Å². The quantitative estimate of drug-likeness (QED) is 0.656. The van der Waals surface area contributed by atoms with Crippen molar-refractivity contribution in [3.8, 4) is 0 Å². The Kier molecular flexibility index (Phi) is 2.23. The van der Waals surface area contributed by atoms with Gasteiger partial charge in [0.2, 0.25) is 0 Å². The Balaban J connectivity index is 2.43. The minimum atomic E-state index is 1.20. The van der Waals surface area contributed by atoms with Gasteiger partial charge in [0.25, 0.3) is 0 Å². The van der Waals surface area contributed by atoms with Crippen LogP contribution >= 0.6 is 27.7 Å². The first-order chi connectivity index (χ1) is 5.36. The van der Waals surface area contributed by atoms with Crippen LogP contribution in [0.1, 0.15) is 12.0 Å². The summed E-state index contributed by atoms with van der Waals surface area (Å²) in [6, 6.07) is 6.58. The van der Waals surface area contributed by atoms with E-state index < -0.39 is 0 Å². The van der Waals surface area contributed by atoms with E-state index in [1.807, 2.05) is 11.8 Å². The molecule has 2 rings (SSSR count). The SMILES string of the molecule is Brc1ccc2c(c1)SCCC2. The highest BCUT2D eigenvalue weighted by atomic mass is 79.9. The van der Waals surface area contributed by atoms with E-state index in [2.05, 4.69) is 34.1 Å². The van der Waals surface area contributed by atoms with E-state index >= 15 is 0 Å². The summed E-state index contributed by atoms with van der Waals surface area (Å²) in [5, 5.41) is 0. The van der Waals surface area contributed by atoms with E-state index in [1.54, 1.807) is 0 Å². The van der Waals surface area contributed by atoms with Crippen molar-refractivity contribution < 1.29 is 0 Å². The summed E-state index contributed by atoms with van der Waals surface area (Å²) in [7, 11) is 0. The lowest BCUT2D eigenvalue weighted by molar-refractivity contribution is 0.889. The molecule has 1 aliphatic rings. The van der Waals surface area contributed by atoms with Gasteiger partial charge in [-0.2, -0.15) is 0 Å². The van der Waals surface area contributed by atoms with Crippen molar-refractivity contribution in [3.05, 3.63) is 28.2 Å². The topological polar surface area (TPSA) is 0 Å². The van der Waals surface area contributed by atoms with Gasteiger partial charge in [-0.15, -0.1) is 11.8 Å². The summed E-state index contributed by atoms with van der Waals surface area (Å²) in [5.41, 5.74) is 1.52. The average molecular weight is 229 g/mol. The molecule has 1 aromatic carbocycles. The summed E-state index contributed by atoms with van der Waals surface area (Å²) in [6.45, 7) is 0. The second-order valence-corrected chi connectivity index (χ2v) is 4.76. The van der Waals surface area contributed by atoms with Crippen LogP contribution in [0.15, 0.2) is 27.6 Å². The fourth-order valence-electron chi connectivity index (χ4n) is 1.31. The fourth-order valence-corrected chi connectivity index (χ4v) is 2.90. The van der Waals surface area contributed by atoms with E-state index in [-0.39, 0.29) is 0 Å². The van der Waals surface area contributed by atoms with Crippen LogP contribution in [0.2, 0.25) is 0 Å². The van der Waals surface area contributed by atoms with E-state index in [4.69, 9.17) is 0 Å². The molecule has 0 unspecified atom stereocenters. The van der Waals surface area contributed by atoms with Gasteiger partial charge in [-0.3, -0.25) is 0 Å². The molecule has 0 atom stereocenters. The van der Waals surface area contributed by atoms with Gasteiger partial charge >= 0.3 is 0 Å². The van der Waals surface area contributed by atoms with Gasteiger partial charge in [-0.25, -0.2) is 0 Å². The molecule has 1 heterocycles. The van der Waals surface area contributed by atoms with Crippen molar-refractivity contribution in [2.75, 3.05) is 5.75 Å². The average Bonchev–Trinajstić information content (AvgIpc) is 2.04. The van der Waals surface area contributed by atoms with Crippen molar-refractivity contribution in [3.63, 3.8) is 0 Å². The van der Waals surface area contributed by atoms with Gasteiger partial charge in [0, 0.05) is 9.37 Å². The van der Waals surface area contributed by atoms with Crippen LogP contribution in [0.4, 0.5) is 0 Å². The van der Waals surface area contributed by atoms with Crippen LogP contribution in [-0.4, -0.2) is 5.75 Å². The zero-order valence-corrected chi connectivity index (χ0v) is 8.54. The molecule has 0 bridgehead atoms. The molecular weight excluding hydrogens is 220 g/mol. The third-order valence-electron chi connectivity index (χ3n) is 1.88. The lowest BCUT2D eigenvalue weighted by atomic mass is 10.1. The van der Waals surface area contributed by atoms with Crippen molar-refractivity contribution in [1.82, 2.24) is 0 Å². The van der Waals surface area contributed by atoms with Crippen molar-refractivity contribution in [2.45, 2.75) is 17.7 Å². The molecule has 0 nitrogen and oxygen atoms in total. The molecule has 1 aliphatic heterocycles. The molecule has 1 aromatic rings. The molecule has 0 N–H and O–H groups in total. The highest BCUT2D eigenvalue weighted by Crippen LogP contribution is 2.31. The van der Waals surface area contributed by atoms with Crippen LogP contribution in [-0.2, 0) is 6.42 Å². The van der Waals surface area contributed by atoms with Gasteiger partial charge in [0.15, 0.2) is 0 Å². The highest BCUT2D eigenvalue weighted by Gasteiger charge is 2.08. The zero-order chi connectivity index (χ0) is 7.68. The number of fused-ring (bicyclic) bond motifs is 1. The van der Waals surface area contributed by atoms with Gasteiger partial charge in [0.05, 0.1) is 0 Å². The molecule has 0 aliphatic carbocycles. The second-order valence-electron chi connectivity index (χ2n) is 2.70. The molecule has 0 saturated heterocycles. The summed E-state index contributed by atoms with van der Waals surface area (Å²) in [4.78, 5) is 1.46.